The second kappa shape index (κ2) is 8.60. The molecule has 2 aromatic rings. The number of aryl methyl sites for hydroxylation is 1. The Morgan fingerprint density at radius 1 is 1.15 bits per heavy atom. The number of carbonyl (C=O) groups is 1. The highest BCUT2D eigenvalue weighted by Gasteiger charge is 2.34. The van der Waals surface area contributed by atoms with E-state index in [0.717, 1.165) is 14.7 Å². The fourth-order valence-corrected chi connectivity index (χ4v) is 5.18. The van der Waals surface area contributed by atoms with Gasteiger partial charge in [0.2, 0.25) is 0 Å². The van der Waals surface area contributed by atoms with Crippen LogP contribution in [0, 0.1) is 10.5 Å². The molecule has 1 saturated heterocycles. The minimum absolute atomic E-state index is 0.0220. The number of sulfone groups is 1. The highest BCUT2D eigenvalue weighted by atomic mass is 127. The molecule has 1 atom stereocenters. The first-order chi connectivity index (χ1) is 12.8. The Kier molecular flexibility index (Phi) is 6.41. The van der Waals surface area contributed by atoms with Crippen LogP contribution in [0.3, 0.4) is 0 Å². The SMILES string of the molecule is Cc1ccc(CN(C(=O)COc2ccc(I)cc2)C2CCS(=O)(=O)C2)cc1. The van der Waals surface area contributed by atoms with Crippen LogP contribution in [0.5, 0.6) is 5.75 Å². The van der Waals surface area contributed by atoms with Crippen LogP contribution in [-0.2, 0) is 21.2 Å². The number of hydrogen-bond acceptors (Lipinski definition) is 4. The van der Waals surface area contributed by atoms with Gasteiger partial charge in [-0.1, -0.05) is 29.8 Å². The molecule has 0 N–H and O–H groups in total. The summed E-state index contributed by atoms with van der Waals surface area (Å²) < 4.78 is 30.5. The van der Waals surface area contributed by atoms with Gasteiger partial charge in [-0.15, -0.1) is 0 Å². The van der Waals surface area contributed by atoms with Gasteiger partial charge in [-0.25, -0.2) is 8.42 Å². The Morgan fingerprint density at radius 3 is 2.41 bits per heavy atom. The fourth-order valence-electron chi connectivity index (χ4n) is 3.09. The summed E-state index contributed by atoms with van der Waals surface area (Å²) in [5, 5.41) is 0. The van der Waals surface area contributed by atoms with Crippen LogP contribution in [0.4, 0.5) is 0 Å². The summed E-state index contributed by atoms with van der Waals surface area (Å²) in [5.74, 6) is 0.580. The van der Waals surface area contributed by atoms with E-state index < -0.39 is 9.84 Å². The van der Waals surface area contributed by atoms with Gasteiger partial charge in [-0.3, -0.25) is 4.79 Å². The van der Waals surface area contributed by atoms with Gasteiger partial charge in [-0.05, 0) is 65.8 Å². The lowest BCUT2D eigenvalue weighted by Gasteiger charge is -2.28. The molecule has 0 aromatic heterocycles. The van der Waals surface area contributed by atoms with Crippen LogP contribution >= 0.6 is 22.6 Å². The number of amides is 1. The molecule has 1 heterocycles. The fraction of sp³-hybridized carbons (Fsp3) is 0.350. The van der Waals surface area contributed by atoms with Gasteiger partial charge in [-0.2, -0.15) is 0 Å². The molecular formula is C20H22INO4S. The Labute approximate surface area is 173 Å². The van der Waals surface area contributed by atoms with E-state index in [-0.39, 0.29) is 30.1 Å². The van der Waals surface area contributed by atoms with Crippen LogP contribution in [0.1, 0.15) is 17.5 Å². The van der Waals surface area contributed by atoms with E-state index in [0.29, 0.717) is 18.7 Å². The van der Waals surface area contributed by atoms with Gasteiger partial charge in [0.05, 0.1) is 11.5 Å². The van der Waals surface area contributed by atoms with Crippen molar-refractivity contribution in [2.45, 2.75) is 25.9 Å². The standard InChI is InChI=1S/C20H22INO4S/c1-15-2-4-16(5-3-15)12-22(18-10-11-27(24,25)14-18)20(23)13-26-19-8-6-17(21)7-9-19/h2-9,18H,10-14H2,1H3. The zero-order valence-electron chi connectivity index (χ0n) is 15.1. The highest BCUT2D eigenvalue weighted by Crippen LogP contribution is 2.21. The van der Waals surface area contributed by atoms with Crippen molar-refractivity contribution >= 4 is 38.3 Å². The monoisotopic (exact) mass is 499 g/mol. The molecule has 0 bridgehead atoms. The molecule has 0 saturated carbocycles. The second-order valence-corrected chi connectivity index (χ2v) is 10.3. The van der Waals surface area contributed by atoms with Gasteiger partial charge in [0.25, 0.3) is 5.91 Å². The molecule has 1 aliphatic heterocycles. The van der Waals surface area contributed by atoms with Gasteiger partial charge >= 0.3 is 0 Å². The van der Waals surface area contributed by atoms with Gasteiger partial charge in [0, 0.05) is 16.2 Å². The van der Waals surface area contributed by atoms with E-state index >= 15 is 0 Å². The summed E-state index contributed by atoms with van der Waals surface area (Å²) in [7, 11) is -3.08. The number of nitrogens with zero attached hydrogens (tertiary/aromatic N) is 1. The lowest BCUT2D eigenvalue weighted by Crippen LogP contribution is -2.43. The third-order valence-electron chi connectivity index (χ3n) is 4.62. The molecule has 0 spiro atoms. The zero-order chi connectivity index (χ0) is 19.4. The van der Waals surface area contributed by atoms with Gasteiger partial charge < -0.3 is 9.64 Å². The van der Waals surface area contributed by atoms with Crippen LogP contribution in [0.2, 0.25) is 0 Å². The minimum atomic E-state index is -3.08. The van der Waals surface area contributed by atoms with E-state index in [1.54, 1.807) is 4.90 Å². The van der Waals surface area contributed by atoms with Gasteiger partial charge in [0.1, 0.15) is 5.75 Å². The molecule has 0 aliphatic carbocycles. The molecule has 1 fully saturated rings. The van der Waals surface area contributed by atoms with E-state index in [4.69, 9.17) is 4.74 Å². The summed E-state index contributed by atoms with van der Waals surface area (Å²) in [4.78, 5) is 14.5. The third-order valence-corrected chi connectivity index (χ3v) is 7.09. The van der Waals surface area contributed by atoms with E-state index in [9.17, 15) is 13.2 Å². The van der Waals surface area contributed by atoms with Crippen molar-refractivity contribution < 1.29 is 17.9 Å². The average Bonchev–Trinajstić information content (AvgIpc) is 3.00. The Bertz CT molecular complexity index is 895. The quantitative estimate of drug-likeness (QED) is 0.573. The zero-order valence-corrected chi connectivity index (χ0v) is 18.1. The highest BCUT2D eigenvalue weighted by molar-refractivity contribution is 14.1. The molecule has 0 radical (unpaired) electrons. The lowest BCUT2D eigenvalue weighted by molar-refractivity contribution is -0.136. The topological polar surface area (TPSA) is 63.7 Å². The Morgan fingerprint density at radius 2 is 1.81 bits per heavy atom. The maximum Gasteiger partial charge on any atom is 0.261 e. The van der Waals surface area contributed by atoms with E-state index in [2.05, 4.69) is 22.6 Å². The molecule has 2 aromatic carbocycles. The van der Waals surface area contributed by atoms with Crippen molar-refractivity contribution in [1.29, 1.82) is 0 Å². The first-order valence-corrected chi connectivity index (χ1v) is 11.7. The normalized spacial score (nSPS) is 18.2. The van der Waals surface area contributed by atoms with Crippen molar-refractivity contribution in [3.8, 4) is 5.75 Å². The minimum Gasteiger partial charge on any atom is -0.484 e. The summed E-state index contributed by atoms with van der Waals surface area (Å²) >= 11 is 2.20. The largest absolute Gasteiger partial charge is 0.484 e. The number of benzene rings is 2. The van der Waals surface area contributed by atoms with E-state index in [1.165, 1.54) is 0 Å². The first kappa shape index (κ1) is 20.1. The summed E-state index contributed by atoms with van der Waals surface area (Å²) in [6.07, 6.45) is 0.476. The first-order valence-electron chi connectivity index (χ1n) is 8.76. The number of ether oxygens (including phenoxy) is 1. The maximum absolute atomic E-state index is 12.9. The second-order valence-electron chi connectivity index (χ2n) is 6.81. The predicted molar refractivity (Wildman–Crippen MR) is 113 cm³/mol. The maximum atomic E-state index is 12.9. The van der Waals surface area contributed by atoms with Crippen LogP contribution in [0.25, 0.3) is 0 Å². The average molecular weight is 499 g/mol. The molecule has 5 nitrogen and oxygen atoms in total. The molecule has 27 heavy (non-hydrogen) atoms. The lowest BCUT2D eigenvalue weighted by atomic mass is 10.1. The summed E-state index contributed by atoms with van der Waals surface area (Å²) in [6.45, 7) is 2.28. The van der Waals surface area contributed by atoms with Crippen LogP contribution < -0.4 is 4.74 Å². The molecule has 1 unspecified atom stereocenters. The van der Waals surface area contributed by atoms with Gasteiger partial charge in [0.15, 0.2) is 16.4 Å². The van der Waals surface area contributed by atoms with Crippen LogP contribution in [0.15, 0.2) is 48.5 Å². The molecule has 7 heteroatoms. The number of hydrogen-bond donors (Lipinski definition) is 0. The van der Waals surface area contributed by atoms with Crippen molar-refractivity contribution in [2.75, 3.05) is 18.1 Å². The van der Waals surface area contributed by atoms with Crippen molar-refractivity contribution in [3.05, 3.63) is 63.2 Å². The van der Waals surface area contributed by atoms with Crippen LogP contribution in [-0.4, -0.2) is 43.4 Å². The van der Waals surface area contributed by atoms with Crippen molar-refractivity contribution in [2.24, 2.45) is 0 Å². The Hall–Kier alpha value is -1.61. The number of carbonyl (C=O) groups excluding carboxylic acids is 1. The molecule has 1 aliphatic rings. The summed E-state index contributed by atoms with van der Waals surface area (Å²) in [5.41, 5.74) is 2.12. The van der Waals surface area contributed by atoms with Crippen molar-refractivity contribution in [1.82, 2.24) is 4.90 Å². The van der Waals surface area contributed by atoms with Crippen molar-refractivity contribution in [3.63, 3.8) is 0 Å². The molecular weight excluding hydrogens is 477 g/mol. The third kappa shape index (κ3) is 5.68. The number of halogens is 1. The predicted octanol–water partition coefficient (Wildman–Crippen LogP) is 3.19. The smallest absolute Gasteiger partial charge is 0.261 e. The molecule has 1 amide bonds. The molecule has 144 valence electrons. The molecule has 3 rings (SSSR count). The Balaban J connectivity index is 1.72. The number of rotatable bonds is 6. The summed E-state index contributed by atoms with van der Waals surface area (Å²) in [6, 6.07) is 15.1. The van der Waals surface area contributed by atoms with E-state index in [1.807, 2.05) is 55.5 Å².